The number of rotatable bonds is 4. The molecule has 0 unspecified atom stereocenters. The molecule has 8 nitrogen and oxygen atoms in total. The largest absolute Gasteiger partial charge is 0.462 e. The highest BCUT2D eigenvalue weighted by molar-refractivity contribution is 5.90. The Morgan fingerprint density at radius 1 is 1.32 bits per heavy atom. The smallest absolute Gasteiger partial charge is 0.339 e. The topological polar surface area (TPSA) is 98.5 Å². The molecule has 0 aromatic carbocycles. The predicted octanol–water partition coefficient (Wildman–Crippen LogP) is 2.23. The maximum Gasteiger partial charge on any atom is 0.339 e. The average Bonchev–Trinajstić information content (AvgIpc) is 2.95. The van der Waals surface area contributed by atoms with Gasteiger partial charge in [-0.25, -0.2) is 14.3 Å². The number of nitrogens with one attached hydrogen (secondary N) is 1. The van der Waals surface area contributed by atoms with Crippen molar-refractivity contribution in [2.75, 3.05) is 11.9 Å². The second kappa shape index (κ2) is 6.68. The van der Waals surface area contributed by atoms with Crippen molar-refractivity contribution < 1.29 is 14.3 Å². The van der Waals surface area contributed by atoms with E-state index in [0.29, 0.717) is 29.3 Å². The fourth-order valence-corrected chi connectivity index (χ4v) is 2.38. The van der Waals surface area contributed by atoms with Crippen molar-refractivity contribution in [3.05, 3.63) is 41.9 Å². The molecule has 0 aliphatic carbocycles. The van der Waals surface area contributed by atoms with Gasteiger partial charge < -0.3 is 10.1 Å². The third kappa shape index (κ3) is 3.47. The molecule has 0 saturated carbocycles. The maximum atomic E-state index is 11.9. The fourth-order valence-electron chi connectivity index (χ4n) is 2.38. The van der Waals surface area contributed by atoms with Crippen molar-refractivity contribution in [1.82, 2.24) is 19.6 Å². The van der Waals surface area contributed by atoms with Gasteiger partial charge in [0.05, 0.1) is 24.1 Å². The van der Waals surface area contributed by atoms with E-state index in [2.05, 4.69) is 20.4 Å². The molecular formula is C17H17N5O3. The molecule has 0 spiro atoms. The molecule has 0 atom stereocenters. The number of carbonyl (C=O) groups is 2. The molecule has 1 amide bonds. The van der Waals surface area contributed by atoms with E-state index in [1.165, 1.54) is 13.1 Å². The van der Waals surface area contributed by atoms with Gasteiger partial charge in [-0.1, -0.05) is 0 Å². The molecule has 128 valence electrons. The van der Waals surface area contributed by atoms with Crippen LogP contribution in [0.3, 0.4) is 0 Å². The summed E-state index contributed by atoms with van der Waals surface area (Å²) in [6.45, 7) is 5.31. The molecule has 25 heavy (non-hydrogen) atoms. The molecule has 3 aromatic rings. The number of nitrogens with zero attached hydrogens (tertiary/aromatic N) is 4. The lowest BCUT2D eigenvalue weighted by molar-refractivity contribution is -0.114. The van der Waals surface area contributed by atoms with Crippen LogP contribution in [-0.2, 0) is 9.53 Å². The van der Waals surface area contributed by atoms with E-state index in [-0.39, 0.29) is 5.91 Å². The van der Waals surface area contributed by atoms with Crippen LogP contribution in [0.15, 0.2) is 30.6 Å². The van der Waals surface area contributed by atoms with Crippen molar-refractivity contribution in [3.63, 3.8) is 0 Å². The van der Waals surface area contributed by atoms with Gasteiger partial charge in [-0.05, 0) is 32.0 Å². The Bertz CT molecular complexity index is 964. The Labute approximate surface area is 143 Å². The second-order valence-electron chi connectivity index (χ2n) is 5.41. The molecule has 1 N–H and O–H groups in total. The third-order valence-electron chi connectivity index (χ3n) is 3.50. The summed E-state index contributed by atoms with van der Waals surface area (Å²) in [6.07, 6.45) is 3.11. The van der Waals surface area contributed by atoms with Crippen LogP contribution in [0.5, 0.6) is 0 Å². The van der Waals surface area contributed by atoms with E-state index in [4.69, 9.17) is 4.74 Å². The number of aromatic nitrogens is 4. The molecule has 8 heteroatoms. The number of amides is 1. The Kier molecular flexibility index (Phi) is 4.42. The van der Waals surface area contributed by atoms with Crippen molar-refractivity contribution in [1.29, 1.82) is 0 Å². The van der Waals surface area contributed by atoms with Crippen molar-refractivity contribution in [2.24, 2.45) is 0 Å². The zero-order valence-corrected chi connectivity index (χ0v) is 14.1. The summed E-state index contributed by atoms with van der Waals surface area (Å²) in [5.74, 6) is -0.203. The van der Waals surface area contributed by atoms with E-state index < -0.39 is 5.97 Å². The summed E-state index contributed by atoms with van der Waals surface area (Å²) in [6, 6.07) is 5.28. The predicted molar refractivity (Wildman–Crippen MR) is 91.2 cm³/mol. The van der Waals surface area contributed by atoms with Gasteiger partial charge in [0.2, 0.25) is 5.91 Å². The zero-order valence-electron chi connectivity index (χ0n) is 14.1. The standard InChI is InChI=1S/C17H17N5O3/c1-4-25-17(24)12-7-13(10(2)18-8-12)14-5-6-16-20-15(19-11(3)23)9-22(16)21-14/h5-9H,4H2,1-3H3,(H,19,23). The van der Waals surface area contributed by atoms with Crippen LogP contribution in [-0.4, -0.2) is 38.1 Å². The first-order valence-electron chi connectivity index (χ1n) is 7.76. The summed E-state index contributed by atoms with van der Waals surface area (Å²) in [4.78, 5) is 31.6. The van der Waals surface area contributed by atoms with Gasteiger partial charge in [-0.3, -0.25) is 9.78 Å². The molecule has 3 heterocycles. The van der Waals surface area contributed by atoms with Crippen LogP contribution in [0.4, 0.5) is 5.82 Å². The summed E-state index contributed by atoms with van der Waals surface area (Å²) in [5, 5.41) is 7.11. The highest BCUT2D eigenvalue weighted by atomic mass is 16.5. The number of aryl methyl sites for hydroxylation is 1. The van der Waals surface area contributed by atoms with E-state index in [1.807, 2.05) is 6.92 Å². The zero-order chi connectivity index (χ0) is 18.0. The lowest BCUT2D eigenvalue weighted by Crippen LogP contribution is -2.06. The van der Waals surface area contributed by atoms with Crippen molar-refractivity contribution in [3.8, 4) is 11.3 Å². The molecule has 3 rings (SSSR count). The van der Waals surface area contributed by atoms with Gasteiger partial charge in [0.25, 0.3) is 0 Å². The minimum absolute atomic E-state index is 0.203. The molecule has 0 radical (unpaired) electrons. The number of hydrogen-bond donors (Lipinski definition) is 1. The number of pyridine rings is 1. The van der Waals surface area contributed by atoms with E-state index in [0.717, 1.165) is 11.3 Å². The number of hydrogen-bond acceptors (Lipinski definition) is 6. The van der Waals surface area contributed by atoms with Gasteiger partial charge >= 0.3 is 5.97 Å². The number of carbonyl (C=O) groups excluding carboxylic acids is 2. The molecule has 0 bridgehead atoms. The summed E-state index contributed by atoms with van der Waals surface area (Å²) < 4.78 is 6.58. The van der Waals surface area contributed by atoms with E-state index >= 15 is 0 Å². The molecule has 3 aromatic heterocycles. The summed E-state index contributed by atoms with van der Waals surface area (Å²) in [5.41, 5.74) is 3.06. The van der Waals surface area contributed by atoms with Crippen LogP contribution < -0.4 is 5.32 Å². The Hall–Kier alpha value is -3.29. The Morgan fingerprint density at radius 3 is 2.84 bits per heavy atom. The van der Waals surface area contributed by atoms with E-state index in [9.17, 15) is 9.59 Å². The van der Waals surface area contributed by atoms with Gasteiger partial charge in [0.1, 0.15) is 0 Å². The van der Waals surface area contributed by atoms with Gasteiger partial charge in [-0.15, -0.1) is 0 Å². The van der Waals surface area contributed by atoms with Crippen LogP contribution in [0, 0.1) is 6.92 Å². The first-order valence-corrected chi connectivity index (χ1v) is 7.76. The molecular weight excluding hydrogens is 322 g/mol. The van der Waals surface area contributed by atoms with Gasteiger partial charge in [0, 0.05) is 24.4 Å². The van der Waals surface area contributed by atoms with Gasteiger partial charge in [0.15, 0.2) is 11.5 Å². The monoisotopic (exact) mass is 339 g/mol. The maximum absolute atomic E-state index is 11.9. The van der Waals surface area contributed by atoms with Crippen molar-refractivity contribution in [2.45, 2.75) is 20.8 Å². The molecule has 0 saturated heterocycles. The van der Waals surface area contributed by atoms with Crippen LogP contribution >= 0.6 is 0 Å². The summed E-state index contributed by atoms with van der Waals surface area (Å²) >= 11 is 0. The highest BCUT2D eigenvalue weighted by Gasteiger charge is 2.13. The first-order chi connectivity index (χ1) is 12.0. The summed E-state index contributed by atoms with van der Waals surface area (Å²) in [7, 11) is 0. The van der Waals surface area contributed by atoms with E-state index in [1.54, 1.807) is 35.8 Å². The number of anilines is 1. The normalized spacial score (nSPS) is 10.7. The van der Waals surface area contributed by atoms with Crippen LogP contribution in [0.2, 0.25) is 0 Å². The number of fused-ring (bicyclic) bond motifs is 1. The lowest BCUT2D eigenvalue weighted by Gasteiger charge is -2.07. The lowest BCUT2D eigenvalue weighted by atomic mass is 10.1. The first kappa shape index (κ1) is 16.6. The quantitative estimate of drug-likeness (QED) is 0.732. The number of ether oxygens (including phenoxy) is 1. The molecule has 0 fully saturated rings. The number of esters is 1. The van der Waals surface area contributed by atoms with Crippen LogP contribution in [0.1, 0.15) is 29.9 Å². The van der Waals surface area contributed by atoms with Gasteiger partial charge in [-0.2, -0.15) is 5.10 Å². The third-order valence-corrected chi connectivity index (χ3v) is 3.50. The molecule has 0 aliphatic heterocycles. The minimum atomic E-state index is -0.423. The Balaban J connectivity index is 2.02. The van der Waals surface area contributed by atoms with Crippen molar-refractivity contribution >= 4 is 23.3 Å². The Morgan fingerprint density at radius 2 is 2.12 bits per heavy atom. The molecule has 0 aliphatic rings. The number of imidazole rings is 1. The SMILES string of the molecule is CCOC(=O)c1cnc(C)c(-c2ccc3nc(NC(C)=O)cn3n2)c1. The fraction of sp³-hybridized carbons (Fsp3) is 0.235. The average molecular weight is 339 g/mol. The highest BCUT2D eigenvalue weighted by Crippen LogP contribution is 2.22. The van der Waals surface area contributed by atoms with Crippen LogP contribution in [0.25, 0.3) is 16.9 Å². The minimum Gasteiger partial charge on any atom is -0.462 e. The second-order valence-corrected chi connectivity index (χ2v) is 5.41.